The predicted molar refractivity (Wildman–Crippen MR) is 64.8 cm³/mol. The minimum Gasteiger partial charge on any atom is -0.455 e. The first-order valence-corrected chi connectivity index (χ1v) is 5.98. The van der Waals surface area contributed by atoms with Gasteiger partial charge >= 0.3 is 5.97 Å². The van der Waals surface area contributed by atoms with Crippen molar-refractivity contribution < 1.29 is 9.53 Å². The van der Waals surface area contributed by atoms with Crippen molar-refractivity contribution in [1.82, 2.24) is 15.0 Å². The zero-order valence-electron chi connectivity index (χ0n) is 11.3. The summed E-state index contributed by atoms with van der Waals surface area (Å²) in [6.45, 7) is 10.2. The smallest absolute Gasteiger partial charge is 0.361 e. The van der Waals surface area contributed by atoms with Crippen LogP contribution < -0.4 is 0 Å². The number of unbranched alkanes of at least 4 members (excludes halogenated alkanes) is 1. The van der Waals surface area contributed by atoms with E-state index in [9.17, 15) is 4.79 Å². The van der Waals surface area contributed by atoms with Gasteiger partial charge in [0.2, 0.25) is 0 Å². The van der Waals surface area contributed by atoms with E-state index in [1.807, 2.05) is 27.7 Å². The summed E-state index contributed by atoms with van der Waals surface area (Å²) in [5, 5.41) is 7.86. The second-order valence-corrected chi connectivity index (χ2v) is 5.10. The van der Waals surface area contributed by atoms with Crippen LogP contribution in [0.25, 0.3) is 0 Å². The van der Waals surface area contributed by atoms with E-state index in [0.717, 1.165) is 25.1 Å². The van der Waals surface area contributed by atoms with Crippen molar-refractivity contribution in [1.29, 1.82) is 0 Å². The number of ether oxygens (including phenoxy) is 1. The van der Waals surface area contributed by atoms with Crippen LogP contribution in [0, 0.1) is 6.92 Å². The molecule has 0 saturated carbocycles. The molecule has 0 unspecified atom stereocenters. The van der Waals surface area contributed by atoms with E-state index < -0.39 is 11.6 Å². The van der Waals surface area contributed by atoms with E-state index in [2.05, 4.69) is 17.2 Å². The summed E-state index contributed by atoms with van der Waals surface area (Å²) in [6, 6.07) is 0. The topological polar surface area (TPSA) is 57.0 Å². The molecule has 1 aromatic rings. The zero-order valence-corrected chi connectivity index (χ0v) is 11.3. The van der Waals surface area contributed by atoms with Gasteiger partial charge in [0, 0.05) is 6.54 Å². The largest absolute Gasteiger partial charge is 0.455 e. The second kappa shape index (κ2) is 5.29. The summed E-state index contributed by atoms with van der Waals surface area (Å²) in [7, 11) is 0. The lowest BCUT2D eigenvalue weighted by Gasteiger charge is -2.18. The number of carbonyl (C=O) groups excluding carboxylic acids is 1. The Hall–Kier alpha value is -1.39. The monoisotopic (exact) mass is 239 g/mol. The Morgan fingerprint density at radius 3 is 2.59 bits per heavy atom. The fourth-order valence-electron chi connectivity index (χ4n) is 1.40. The molecule has 96 valence electrons. The molecule has 1 aromatic heterocycles. The highest BCUT2D eigenvalue weighted by molar-refractivity contribution is 5.88. The Kier molecular flexibility index (Phi) is 4.26. The highest BCUT2D eigenvalue weighted by atomic mass is 16.6. The molecule has 0 N–H and O–H groups in total. The van der Waals surface area contributed by atoms with Crippen molar-refractivity contribution in [3.8, 4) is 0 Å². The van der Waals surface area contributed by atoms with E-state index >= 15 is 0 Å². The van der Waals surface area contributed by atoms with Crippen LogP contribution in [-0.4, -0.2) is 26.6 Å². The molecular weight excluding hydrogens is 218 g/mol. The normalized spacial score (nSPS) is 11.6. The zero-order chi connectivity index (χ0) is 13.1. The van der Waals surface area contributed by atoms with Crippen molar-refractivity contribution in [2.45, 2.75) is 59.6 Å². The molecule has 0 bridgehead atoms. The first-order valence-electron chi connectivity index (χ1n) is 5.98. The third-order valence-electron chi connectivity index (χ3n) is 2.30. The van der Waals surface area contributed by atoms with E-state index in [4.69, 9.17) is 4.74 Å². The molecule has 0 aromatic carbocycles. The van der Waals surface area contributed by atoms with Gasteiger partial charge in [0.05, 0.1) is 5.69 Å². The molecule has 0 atom stereocenters. The Balaban J connectivity index is 2.78. The maximum atomic E-state index is 11.8. The van der Waals surface area contributed by atoms with Gasteiger partial charge < -0.3 is 4.74 Å². The Morgan fingerprint density at radius 1 is 1.41 bits per heavy atom. The molecule has 1 rings (SSSR count). The quantitative estimate of drug-likeness (QED) is 0.757. The molecule has 0 saturated heterocycles. The summed E-state index contributed by atoms with van der Waals surface area (Å²) in [5.41, 5.74) is 0.584. The van der Waals surface area contributed by atoms with Gasteiger partial charge in [-0.05, 0) is 34.1 Å². The third kappa shape index (κ3) is 3.84. The SMILES string of the molecule is CCCCn1nnc(C(=O)OC(C)(C)C)c1C. The molecule has 0 spiro atoms. The number of aryl methyl sites for hydroxylation is 1. The van der Waals surface area contributed by atoms with E-state index in [-0.39, 0.29) is 0 Å². The average Bonchev–Trinajstić information content (AvgIpc) is 2.54. The van der Waals surface area contributed by atoms with E-state index in [1.165, 1.54) is 0 Å². The number of nitrogens with zero attached hydrogens (tertiary/aromatic N) is 3. The molecule has 1 heterocycles. The molecule has 0 aliphatic carbocycles. The van der Waals surface area contributed by atoms with Crippen LogP contribution in [0.4, 0.5) is 0 Å². The van der Waals surface area contributed by atoms with Crippen LogP contribution in [0.5, 0.6) is 0 Å². The van der Waals surface area contributed by atoms with Crippen molar-refractivity contribution in [2.75, 3.05) is 0 Å². The van der Waals surface area contributed by atoms with E-state index in [1.54, 1.807) is 4.68 Å². The summed E-state index contributed by atoms with van der Waals surface area (Å²) >= 11 is 0. The van der Waals surface area contributed by atoms with Crippen LogP contribution in [0.1, 0.15) is 56.7 Å². The minimum absolute atomic E-state index is 0.316. The summed E-state index contributed by atoms with van der Waals surface area (Å²) in [5.74, 6) is -0.405. The van der Waals surface area contributed by atoms with Gasteiger partial charge in [-0.3, -0.25) is 0 Å². The van der Waals surface area contributed by atoms with Gasteiger partial charge in [-0.2, -0.15) is 0 Å². The van der Waals surface area contributed by atoms with Crippen molar-refractivity contribution in [3.05, 3.63) is 11.4 Å². The number of esters is 1. The standard InChI is InChI=1S/C12H21N3O2/c1-6-7-8-15-9(2)10(13-14-15)11(16)17-12(3,4)5/h6-8H2,1-5H3. The average molecular weight is 239 g/mol. The van der Waals surface area contributed by atoms with Gasteiger partial charge in [-0.25, -0.2) is 9.48 Å². The fraction of sp³-hybridized carbons (Fsp3) is 0.750. The maximum absolute atomic E-state index is 11.8. The van der Waals surface area contributed by atoms with Gasteiger partial charge in [0.15, 0.2) is 5.69 Å². The summed E-state index contributed by atoms with van der Waals surface area (Å²) in [6.07, 6.45) is 2.11. The maximum Gasteiger partial charge on any atom is 0.361 e. The first kappa shape index (κ1) is 13.7. The number of hydrogen-bond donors (Lipinski definition) is 0. The third-order valence-corrected chi connectivity index (χ3v) is 2.30. The molecule has 0 aliphatic rings. The molecule has 0 radical (unpaired) electrons. The molecule has 0 aliphatic heterocycles. The highest BCUT2D eigenvalue weighted by Crippen LogP contribution is 2.13. The highest BCUT2D eigenvalue weighted by Gasteiger charge is 2.23. The number of rotatable bonds is 4. The lowest BCUT2D eigenvalue weighted by Crippen LogP contribution is -2.24. The van der Waals surface area contributed by atoms with Crippen molar-refractivity contribution in [2.24, 2.45) is 0 Å². The van der Waals surface area contributed by atoms with Gasteiger partial charge in [0.25, 0.3) is 0 Å². The second-order valence-electron chi connectivity index (χ2n) is 5.10. The molecule has 17 heavy (non-hydrogen) atoms. The minimum atomic E-state index is -0.503. The van der Waals surface area contributed by atoms with Crippen LogP contribution in [-0.2, 0) is 11.3 Å². The van der Waals surface area contributed by atoms with Gasteiger partial charge in [0.1, 0.15) is 5.60 Å². The van der Waals surface area contributed by atoms with E-state index in [0.29, 0.717) is 5.69 Å². The molecule has 0 amide bonds. The van der Waals surface area contributed by atoms with Crippen LogP contribution >= 0.6 is 0 Å². The van der Waals surface area contributed by atoms with Crippen molar-refractivity contribution >= 4 is 5.97 Å². The summed E-state index contributed by atoms with van der Waals surface area (Å²) < 4.78 is 7.02. The lowest BCUT2D eigenvalue weighted by molar-refractivity contribution is 0.00619. The van der Waals surface area contributed by atoms with Crippen LogP contribution in [0.3, 0.4) is 0 Å². The first-order chi connectivity index (χ1) is 7.85. The van der Waals surface area contributed by atoms with Gasteiger partial charge in [-0.1, -0.05) is 18.6 Å². The van der Waals surface area contributed by atoms with Crippen LogP contribution in [0.15, 0.2) is 0 Å². The number of hydrogen-bond acceptors (Lipinski definition) is 4. The Bertz CT molecular complexity index is 391. The molecule has 5 nitrogen and oxygen atoms in total. The lowest BCUT2D eigenvalue weighted by atomic mass is 10.2. The fourth-order valence-corrected chi connectivity index (χ4v) is 1.40. The Labute approximate surface area is 102 Å². The van der Waals surface area contributed by atoms with Crippen LogP contribution in [0.2, 0.25) is 0 Å². The summed E-state index contributed by atoms with van der Waals surface area (Å²) in [4.78, 5) is 11.8. The van der Waals surface area contributed by atoms with Gasteiger partial charge in [-0.15, -0.1) is 5.10 Å². The molecule has 0 fully saturated rings. The van der Waals surface area contributed by atoms with Crippen molar-refractivity contribution in [3.63, 3.8) is 0 Å². The predicted octanol–water partition coefficient (Wildman–Crippen LogP) is 2.34. The molecular formula is C12H21N3O2. The Morgan fingerprint density at radius 2 is 2.06 bits per heavy atom. The number of aromatic nitrogens is 3. The molecule has 5 heteroatoms. The number of carbonyl (C=O) groups is 1.